The highest BCUT2D eigenvalue weighted by Crippen LogP contribution is 2.44. The van der Waals surface area contributed by atoms with E-state index in [9.17, 15) is 13.2 Å². The minimum atomic E-state index is -1.46. The van der Waals surface area contributed by atoms with E-state index in [1.165, 1.54) is 5.39 Å². The topological polar surface area (TPSA) is 0 Å². The molecule has 0 N–H and O–H groups in total. The van der Waals surface area contributed by atoms with Gasteiger partial charge in [-0.25, -0.2) is 13.2 Å². The first-order valence-corrected chi connectivity index (χ1v) is 12.1. The molecule has 0 saturated carbocycles. The van der Waals surface area contributed by atoms with Gasteiger partial charge in [-0.1, -0.05) is 91.0 Å². The van der Waals surface area contributed by atoms with Crippen LogP contribution in [0.2, 0.25) is 0 Å². The second-order valence-corrected chi connectivity index (χ2v) is 9.32. The molecule has 0 spiro atoms. The predicted molar refractivity (Wildman–Crippen MR) is 147 cm³/mol. The van der Waals surface area contributed by atoms with Crippen LogP contribution < -0.4 is 0 Å². The highest BCUT2D eigenvalue weighted by atomic mass is 19.2. The molecule has 0 unspecified atom stereocenters. The lowest BCUT2D eigenvalue weighted by Gasteiger charge is -2.18. The first-order valence-electron chi connectivity index (χ1n) is 12.1. The van der Waals surface area contributed by atoms with Crippen molar-refractivity contribution < 1.29 is 13.2 Å². The van der Waals surface area contributed by atoms with Gasteiger partial charge in [-0.3, -0.25) is 0 Å². The van der Waals surface area contributed by atoms with Crippen LogP contribution in [0, 0.1) is 17.5 Å². The summed E-state index contributed by atoms with van der Waals surface area (Å²) < 4.78 is 42.2. The van der Waals surface area contributed by atoms with Crippen molar-refractivity contribution in [3.8, 4) is 22.3 Å². The van der Waals surface area contributed by atoms with Gasteiger partial charge in [-0.05, 0) is 89.6 Å². The molecule has 0 saturated heterocycles. The molecule has 0 atom stereocenters. The summed E-state index contributed by atoms with van der Waals surface area (Å²) in [5.74, 6) is -3.86. The molecule has 0 aromatic heterocycles. The lowest BCUT2D eigenvalue weighted by atomic mass is 9.86. The molecule has 0 nitrogen and oxygen atoms in total. The lowest BCUT2D eigenvalue weighted by molar-refractivity contribution is 0.448. The van der Waals surface area contributed by atoms with E-state index < -0.39 is 17.5 Å². The van der Waals surface area contributed by atoms with Gasteiger partial charge in [-0.15, -0.1) is 0 Å². The van der Waals surface area contributed by atoms with E-state index in [4.69, 9.17) is 0 Å². The van der Waals surface area contributed by atoms with E-state index >= 15 is 0 Å². The summed E-state index contributed by atoms with van der Waals surface area (Å²) in [5.41, 5.74) is 3.09. The molecule has 0 amide bonds. The van der Waals surface area contributed by atoms with Gasteiger partial charge in [0, 0.05) is 0 Å². The molecule has 37 heavy (non-hydrogen) atoms. The highest BCUT2D eigenvalue weighted by molar-refractivity contribution is 6.22. The van der Waals surface area contributed by atoms with Gasteiger partial charge in [0.15, 0.2) is 17.5 Å². The number of fused-ring (bicyclic) bond motifs is 5. The Hall–Kier alpha value is -4.63. The van der Waals surface area contributed by atoms with Gasteiger partial charge >= 0.3 is 0 Å². The molecule has 3 heteroatoms. The fraction of sp³-hybridized carbons (Fsp3) is 0. The second kappa shape index (κ2) is 8.21. The number of halogens is 3. The van der Waals surface area contributed by atoms with Crippen molar-refractivity contribution in [3.63, 3.8) is 0 Å². The molecule has 0 radical (unpaired) electrons. The van der Waals surface area contributed by atoms with Gasteiger partial charge in [-0.2, -0.15) is 0 Å². The first kappa shape index (κ1) is 21.6. The zero-order chi connectivity index (χ0) is 25.1. The molecule has 7 rings (SSSR count). The first-order chi connectivity index (χ1) is 18.1. The average Bonchev–Trinajstić information content (AvgIpc) is 2.93. The summed E-state index contributed by atoms with van der Waals surface area (Å²) >= 11 is 0. The number of rotatable bonds is 2. The van der Waals surface area contributed by atoms with Gasteiger partial charge in [0.05, 0.1) is 0 Å². The molecule has 0 aliphatic carbocycles. The molecule has 0 bridgehead atoms. The smallest absolute Gasteiger partial charge is 0.194 e. The van der Waals surface area contributed by atoms with E-state index in [0.29, 0.717) is 11.1 Å². The van der Waals surface area contributed by atoms with Crippen molar-refractivity contribution in [2.75, 3.05) is 0 Å². The van der Waals surface area contributed by atoms with E-state index in [0.717, 1.165) is 61.0 Å². The number of hydrogen-bond donors (Lipinski definition) is 0. The largest absolute Gasteiger partial charge is 0.204 e. The minimum Gasteiger partial charge on any atom is -0.204 e. The maximum atomic E-state index is 14.2. The summed E-state index contributed by atoms with van der Waals surface area (Å²) in [5, 5.41) is 8.52. The van der Waals surface area contributed by atoms with E-state index in [-0.39, 0.29) is 0 Å². The molecule has 7 aromatic rings. The molecular formula is C34H19F3. The SMILES string of the molecule is Fc1cc(-c2cccc3c(-c4cc5ccccc5c5ccccc45)c4ccccc4cc23)cc(F)c1F. The lowest BCUT2D eigenvalue weighted by Crippen LogP contribution is -1.94. The molecule has 0 aliphatic rings. The summed E-state index contributed by atoms with van der Waals surface area (Å²) in [6, 6.07) is 37.0. The predicted octanol–water partition coefficient (Wildman–Crippen LogP) is 10.1. The maximum Gasteiger partial charge on any atom is 0.194 e. The van der Waals surface area contributed by atoms with Crippen molar-refractivity contribution in [2.24, 2.45) is 0 Å². The normalized spacial score (nSPS) is 11.6. The van der Waals surface area contributed by atoms with Gasteiger partial charge in [0.2, 0.25) is 0 Å². The Morgan fingerprint density at radius 3 is 1.68 bits per heavy atom. The summed E-state index contributed by atoms with van der Waals surface area (Å²) in [6.07, 6.45) is 0. The molecule has 7 aromatic carbocycles. The van der Waals surface area contributed by atoms with Crippen LogP contribution in [0.1, 0.15) is 0 Å². The molecule has 0 fully saturated rings. The molecule has 0 aliphatic heterocycles. The third kappa shape index (κ3) is 3.31. The summed E-state index contributed by atoms with van der Waals surface area (Å²) in [6.45, 7) is 0. The zero-order valence-corrected chi connectivity index (χ0v) is 19.6. The van der Waals surface area contributed by atoms with Gasteiger partial charge < -0.3 is 0 Å². The van der Waals surface area contributed by atoms with Crippen molar-refractivity contribution >= 4 is 43.1 Å². The van der Waals surface area contributed by atoms with Crippen LogP contribution in [0.15, 0.2) is 115 Å². The minimum absolute atomic E-state index is 0.298. The average molecular weight is 485 g/mol. The van der Waals surface area contributed by atoms with Gasteiger partial charge in [0.1, 0.15) is 0 Å². The van der Waals surface area contributed by atoms with Crippen LogP contribution in [-0.2, 0) is 0 Å². The van der Waals surface area contributed by atoms with Crippen LogP contribution in [0.3, 0.4) is 0 Å². The van der Waals surface area contributed by atoms with E-state index in [1.54, 1.807) is 0 Å². The van der Waals surface area contributed by atoms with Gasteiger partial charge in [0.25, 0.3) is 0 Å². The van der Waals surface area contributed by atoms with Crippen molar-refractivity contribution in [2.45, 2.75) is 0 Å². The van der Waals surface area contributed by atoms with E-state index in [2.05, 4.69) is 48.5 Å². The van der Waals surface area contributed by atoms with Crippen molar-refractivity contribution in [3.05, 3.63) is 133 Å². The Kier molecular flexibility index (Phi) is 4.80. The third-order valence-corrected chi connectivity index (χ3v) is 7.24. The van der Waals surface area contributed by atoms with E-state index in [1.807, 2.05) is 54.6 Å². The summed E-state index contributed by atoms with van der Waals surface area (Å²) in [4.78, 5) is 0. The van der Waals surface area contributed by atoms with Crippen LogP contribution in [0.4, 0.5) is 13.2 Å². The Labute approximate surface area is 211 Å². The Balaban J connectivity index is 1.66. The van der Waals surface area contributed by atoms with Crippen molar-refractivity contribution in [1.29, 1.82) is 0 Å². The maximum absolute atomic E-state index is 14.2. The number of benzene rings is 7. The molecular weight excluding hydrogens is 465 g/mol. The van der Waals surface area contributed by atoms with Crippen LogP contribution in [0.25, 0.3) is 65.3 Å². The fourth-order valence-corrected chi connectivity index (χ4v) is 5.60. The van der Waals surface area contributed by atoms with Crippen LogP contribution >= 0.6 is 0 Å². The Morgan fingerprint density at radius 2 is 0.946 bits per heavy atom. The molecule has 176 valence electrons. The quantitative estimate of drug-likeness (QED) is 0.130. The number of hydrogen-bond acceptors (Lipinski definition) is 0. The standard InChI is InChI=1S/C34H19F3/c35-31-18-22(19-32(36)34(31)37)24-14-7-15-28-29(24)16-21-9-2-4-11-25(21)33(28)30-17-20-8-1-3-10-23(20)26-12-5-6-13-27(26)30/h1-19H. The third-order valence-electron chi connectivity index (χ3n) is 7.24. The van der Waals surface area contributed by atoms with Crippen molar-refractivity contribution in [1.82, 2.24) is 0 Å². The molecule has 0 heterocycles. The zero-order valence-electron chi connectivity index (χ0n) is 19.6. The Morgan fingerprint density at radius 1 is 0.378 bits per heavy atom. The summed E-state index contributed by atoms with van der Waals surface area (Å²) in [7, 11) is 0. The fourth-order valence-electron chi connectivity index (χ4n) is 5.60. The highest BCUT2D eigenvalue weighted by Gasteiger charge is 2.18. The van der Waals surface area contributed by atoms with Crippen LogP contribution in [-0.4, -0.2) is 0 Å². The van der Waals surface area contributed by atoms with Crippen LogP contribution in [0.5, 0.6) is 0 Å². The monoisotopic (exact) mass is 484 g/mol. The second-order valence-electron chi connectivity index (χ2n) is 9.32. The Bertz CT molecular complexity index is 2000.